The number of hydrogen-bond acceptors (Lipinski definition) is 5. The molecular weight excluding hydrogens is 466 g/mol. The van der Waals surface area contributed by atoms with Gasteiger partial charge in [0.15, 0.2) is 11.0 Å². The summed E-state index contributed by atoms with van der Waals surface area (Å²) in [6.07, 6.45) is 9.09. The minimum atomic E-state index is -0.222. The van der Waals surface area contributed by atoms with Crippen LogP contribution in [0.25, 0.3) is 17.5 Å². The lowest BCUT2D eigenvalue weighted by molar-refractivity contribution is -0.118. The summed E-state index contributed by atoms with van der Waals surface area (Å²) < 4.78 is 2.23. The van der Waals surface area contributed by atoms with E-state index in [-0.39, 0.29) is 11.7 Å². The number of hydrazone groups is 1. The monoisotopic (exact) mass is 493 g/mol. The molecule has 0 unspecified atom stereocenters. The van der Waals surface area contributed by atoms with Gasteiger partial charge in [-0.3, -0.25) is 9.36 Å². The number of carbonyl (C=O) groups excluding carboxylic acids is 1. The predicted molar refractivity (Wildman–Crippen MR) is 140 cm³/mol. The van der Waals surface area contributed by atoms with Gasteiger partial charge in [0.25, 0.3) is 5.91 Å². The molecule has 0 aliphatic heterocycles. The Kier molecular flexibility index (Phi) is 8.55. The van der Waals surface area contributed by atoms with Gasteiger partial charge in [-0.15, -0.1) is 10.2 Å². The molecule has 2 aromatic carbocycles. The quantitative estimate of drug-likeness (QED) is 0.229. The predicted octanol–water partition coefficient (Wildman–Crippen LogP) is 6.23. The fraction of sp³-hybridized carbons (Fsp3) is 0.308. The highest BCUT2D eigenvalue weighted by Gasteiger charge is 2.24. The second-order valence-electron chi connectivity index (χ2n) is 8.36. The average molecular weight is 494 g/mol. The van der Waals surface area contributed by atoms with Gasteiger partial charge in [-0.25, -0.2) is 5.43 Å². The largest absolute Gasteiger partial charge is 0.299 e. The number of carbonyl (C=O) groups is 1. The van der Waals surface area contributed by atoms with Crippen molar-refractivity contribution in [1.29, 1.82) is 0 Å². The van der Waals surface area contributed by atoms with E-state index in [0.29, 0.717) is 11.1 Å². The van der Waals surface area contributed by atoms with Gasteiger partial charge in [-0.2, -0.15) is 5.10 Å². The Morgan fingerprint density at radius 1 is 1.12 bits per heavy atom. The van der Waals surface area contributed by atoms with E-state index in [4.69, 9.17) is 11.6 Å². The Morgan fingerprint density at radius 2 is 1.85 bits per heavy atom. The summed E-state index contributed by atoms with van der Waals surface area (Å²) in [5.74, 6) is 0.835. The minimum absolute atomic E-state index is 0.191. The molecule has 3 aromatic rings. The van der Waals surface area contributed by atoms with E-state index in [9.17, 15) is 4.79 Å². The van der Waals surface area contributed by atoms with Crippen molar-refractivity contribution in [1.82, 2.24) is 20.2 Å². The molecule has 0 bridgehead atoms. The smallest absolute Gasteiger partial charge is 0.250 e. The molecule has 1 heterocycles. The maximum absolute atomic E-state index is 12.4. The number of amides is 1. The van der Waals surface area contributed by atoms with Crippen molar-refractivity contribution in [2.24, 2.45) is 5.10 Å². The molecule has 1 fully saturated rings. The van der Waals surface area contributed by atoms with Gasteiger partial charge in [-0.1, -0.05) is 103 Å². The molecule has 1 aliphatic rings. The van der Waals surface area contributed by atoms with Gasteiger partial charge in [-0.05, 0) is 31.4 Å². The molecule has 1 amide bonds. The highest BCUT2D eigenvalue weighted by atomic mass is 35.5. The SMILES string of the molecule is Cc1ccc(-c2nnc(SCC(=O)N/N=C/C(Cl)=C/c3ccccc3)n2C2CCCCC2)cc1. The molecule has 1 aliphatic carbocycles. The lowest BCUT2D eigenvalue weighted by Gasteiger charge is -2.25. The zero-order valence-corrected chi connectivity index (χ0v) is 20.7. The number of aryl methyl sites for hydroxylation is 1. The van der Waals surface area contributed by atoms with Crippen LogP contribution in [0.2, 0.25) is 0 Å². The van der Waals surface area contributed by atoms with Crippen molar-refractivity contribution in [2.75, 3.05) is 5.75 Å². The zero-order valence-electron chi connectivity index (χ0n) is 19.2. The third-order valence-electron chi connectivity index (χ3n) is 5.73. The van der Waals surface area contributed by atoms with Crippen LogP contribution in [0.4, 0.5) is 0 Å². The number of thioether (sulfide) groups is 1. The summed E-state index contributed by atoms with van der Waals surface area (Å²) in [7, 11) is 0. The lowest BCUT2D eigenvalue weighted by atomic mass is 9.95. The number of nitrogens with one attached hydrogen (secondary N) is 1. The summed E-state index contributed by atoms with van der Waals surface area (Å²) in [6, 6.07) is 18.4. The molecule has 0 spiro atoms. The molecular formula is C26H28ClN5OS. The van der Waals surface area contributed by atoms with E-state index in [2.05, 4.69) is 56.5 Å². The van der Waals surface area contributed by atoms with E-state index in [1.54, 1.807) is 6.08 Å². The Hall–Kier alpha value is -2.90. The Bertz CT molecular complexity index is 1150. The van der Waals surface area contributed by atoms with E-state index >= 15 is 0 Å². The number of halogens is 1. The van der Waals surface area contributed by atoms with E-state index in [0.717, 1.165) is 34.9 Å². The molecule has 176 valence electrons. The van der Waals surface area contributed by atoms with Crippen molar-refractivity contribution in [2.45, 2.75) is 50.2 Å². The summed E-state index contributed by atoms with van der Waals surface area (Å²) >= 11 is 7.57. The van der Waals surface area contributed by atoms with Crippen LogP contribution in [0.15, 0.2) is 69.9 Å². The van der Waals surface area contributed by atoms with E-state index in [1.165, 1.54) is 42.8 Å². The third kappa shape index (κ3) is 6.58. The summed E-state index contributed by atoms with van der Waals surface area (Å²) in [4.78, 5) is 12.4. The van der Waals surface area contributed by atoms with Crippen LogP contribution in [-0.4, -0.2) is 32.6 Å². The molecule has 0 saturated heterocycles. The van der Waals surface area contributed by atoms with E-state index in [1.807, 2.05) is 30.3 Å². The van der Waals surface area contributed by atoms with E-state index < -0.39 is 0 Å². The third-order valence-corrected chi connectivity index (χ3v) is 6.88. The number of rotatable bonds is 8. The average Bonchev–Trinajstić information content (AvgIpc) is 3.28. The first-order chi connectivity index (χ1) is 16.6. The summed E-state index contributed by atoms with van der Waals surface area (Å²) in [6.45, 7) is 2.07. The van der Waals surface area contributed by atoms with Crippen molar-refractivity contribution >= 4 is 41.6 Å². The Labute approximate surface area is 209 Å². The number of aromatic nitrogens is 3. The second kappa shape index (κ2) is 12.0. The number of nitrogens with zero attached hydrogens (tertiary/aromatic N) is 4. The van der Waals surface area contributed by atoms with Crippen LogP contribution in [0, 0.1) is 6.92 Å². The first-order valence-electron chi connectivity index (χ1n) is 11.5. The van der Waals surface area contributed by atoms with Crippen molar-refractivity contribution in [3.8, 4) is 11.4 Å². The van der Waals surface area contributed by atoms with Crippen LogP contribution in [0.1, 0.15) is 49.3 Å². The molecule has 1 saturated carbocycles. The number of hydrogen-bond donors (Lipinski definition) is 1. The van der Waals surface area contributed by atoms with Gasteiger partial charge >= 0.3 is 0 Å². The van der Waals surface area contributed by atoms with Gasteiger partial charge in [0, 0.05) is 11.6 Å². The molecule has 0 radical (unpaired) electrons. The Morgan fingerprint density at radius 3 is 2.59 bits per heavy atom. The van der Waals surface area contributed by atoms with Crippen molar-refractivity contribution in [3.05, 3.63) is 70.8 Å². The summed E-state index contributed by atoms with van der Waals surface area (Å²) in [5.41, 5.74) is 5.76. The van der Waals surface area contributed by atoms with Gasteiger partial charge in [0.1, 0.15) is 0 Å². The number of allylic oxidation sites excluding steroid dienone is 1. The van der Waals surface area contributed by atoms with Crippen LogP contribution < -0.4 is 5.43 Å². The maximum atomic E-state index is 12.4. The van der Waals surface area contributed by atoms with Crippen molar-refractivity contribution in [3.63, 3.8) is 0 Å². The standard InChI is InChI=1S/C26H28ClN5OS/c1-19-12-14-21(15-13-19)25-30-31-26(32(25)23-10-6-3-7-11-23)34-18-24(33)29-28-17-22(27)16-20-8-4-2-5-9-20/h2,4-5,8-9,12-17,23H,3,6-7,10-11,18H2,1H3,(H,29,33)/b22-16-,28-17+. The van der Waals surface area contributed by atoms with Gasteiger partial charge < -0.3 is 0 Å². The first-order valence-corrected chi connectivity index (χ1v) is 12.9. The van der Waals surface area contributed by atoms with Crippen LogP contribution in [0.3, 0.4) is 0 Å². The van der Waals surface area contributed by atoms with Crippen LogP contribution >= 0.6 is 23.4 Å². The number of benzene rings is 2. The van der Waals surface area contributed by atoms with Gasteiger partial charge in [0.2, 0.25) is 0 Å². The molecule has 8 heteroatoms. The molecule has 0 atom stereocenters. The zero-order chi connectivity index (χ0) is 23.8. The fourth-order valence-electron chi connectivity index (χ4n) is 4.02. The maximum Gasteiger partial charge on any atom is 0.250 e. The molecule has 1 aromatic heterocycles. The topological polar surface area (TPSA) is 72.2 Å². The fourth-order valence-corrected chi connectivity index (χ4v) is 4.99. The highest BCUT2D eigenvalue weighted by molar-refractivity contribution is 7.99. The normalized spacial score (nSPS) is 15.1. The molecule has 4 rings (SSSR count). The Balaban J connectivity index is 1.41. The lowest BCUT2D eigenvalue weighted by Crippen LogP contribution is -2.20. The van der Waals surface area contributed by atoms with Gasteiger partial charge in [0.05, 0.1) is 17.0 Å². The summed E-state index contributed by atoms with van der Waals surface area (Å²) in [5, 5.41) is 14.1. The highest BCUT2D eigenvalue weighted by Crippen LogP contribution is 2.35. The first kappa shape index (κ1) is 24.2. The molecule has 6 nitrogen and oxygen atoms in total. The minimum Gasteiger partial charge on any atom is -0.299 e. The van der Waals surface area contributed by atoms with Crippen LogP contribution in [0.5, 0.6) is 0 Å². The van der Waals surface area contributed by atoms with Crippen molar-refractivity contribution < 1.29 is 4.79 Å². The molecule has 34 heavy (non-hydrogen) atoms. The molecule has 1 N–H and O–H groups in total. The van der Waals surface area contributed by atoms with Crippen LogP contribution in [-0.2, 0) is 4.79 Å². The second-order valence-corrected chi connectivity index (χ2v) is 9.73.